The monoisotopic (exact) mass is 380 g/mol. The van der Waals surface area contributed by atoms with Crippen molar-refractivity contribution in [3.8, 4) is 0 Å². The Balaban J connectivity index is 2.18. The molecule has 0 aliphatic rings. The molecule has 0 spiro atoms. The third kappa shape index (κ3) is 5.92. The molecule has 0 aliphatic heterocycles. The van der Waals surface area contributed by atoms with Crippen LogP contribution in [0.2, 0.25) is 0 Å². The molecule has 0 saturated carbocycles. The van der Waals surface area contributed by atoms with Gasteiger partial charge < -0.3 is 4.90 Å². The number of likely N-dealkylation sites (N-methyl/N-ethyl adjacent to an activating group) is 1. The summed E-state index contributed by atoms with van der Waals surface area (Å²) in [6, 6.07) is 11.7. The van der Waals surface area contributed by atoms with Crippen molar-refractivity contribution in [1.82, 2.24) is 9.21 Å². The van der Waals surface area contributed by atoms with Crippen LogP contribution in [0.4, 0.5) is 0 Å². The lowest BCUT2D eigenvalue weighted by Crippen LogP contribution is -2.38. The van der Waals surface area contributed by atoms with E-state index >= 15 is 0 Å². The van der Waals surface area contributed by atoms with Crippen molar-refractivity contribution in [2.75, 3.05) is 26.2 Å². The average molecular weight is 381 g/mol. The van der Waals surface area contributed by atoms with Crippen molar-refractivity contribution < 1.29 is 8.42 Å². The summed E-state index contributed by atoms with van der Waals surface area (Å²) in [5.41, 5.74) is 1.90. The van der Waals surface area contributed by atoms with E-state index in [0.717, 1.165) is 35.6 Å². The lowest BCUT2D eigenvalue weighted by Gasteiger charge is -2.26. The maximum Gasteiger partial charge on any atom is 0.218 e. The van der Waals surface area contributed by atoms with Gasteiger partial charge in [-0.1, -0.05) is 44.2 Å². The van der Waals surface area contributed by atoms with Crippen LogP contribution in [-0.2, 0) is 22.3 Å². The van der Waals surface area contributed by atoms with E-state index in [1.54, 1.807) is 15.6 Å². The fourth-order valence-electron chi connectivity index (χ4n) is 2.75. The van der Waals surface area contributed by atoms with Crippen molar-refractivity contribution >= 4 is 21.4 Å². The maximum atomic E-state index is 13.1. The van der Waals surface area contributed by atoms with Gasteiger partial charge >= 0.3 is 0 Å². The lowest BCUT2D eigenvalue weighted by atomic mass is 10.1. The first-order valence-corrected chi connectivity index (χ1v) is 11.2. The van der Waals surface area contributed by atoms with Gasteiger partial charge in [0.2, 0.25) is 10.0 Å². The van der Waals surface area contributed by atoms with E-state index in [0.29, 0.717) is 13.1 Å². The van der Waals surface area contributed by atoms with Crippen LogP contribution in [0.5, 0.6) is 0 Å². The minimum absolute atomic E-state index is 0.0588. The van der Waals surface area contributed by atoms with Gasteiger partial charge in [-0.2, -0.15) is 4.31 Å². The molecule has 6 heteroatoms. The molecule has 0 atom stereocenters. The van der Waals surface area contributed by atoms with E-state index in [1.807, 2.05) is 48.7 Å². The van der Waals surface area contributed by atoms with E-state index in [2.05, 4.69) is 18.7 Å². The van der Waals surface area contributed by atoms with Gasteiger partial charge in [0.05, 0.1) is 5.75 Å². The second kappa shape index (κ2) is 9.48. The molecular formula is C19H28N2O2S2. The molecule has 0 unspecified atom stereocenters. The first-order chi connectivity index (χ1) is 12.0. The summed E-state index contributed by atoms with van der Waals surface area (Å²) >= 11 is 1.60. The smallest absolute Gasteiger partial charge is 0.218 e. The fourth-order valence-corrected chi connectivity index (χ4v) is 5.14. The van der Waals surface area contributed by atoms with Crippen molar-refractivity contribution in [2.45, 2.75) is 33.1 Å². The molecule has 1 heterocycles. The molecule has 0 aliphatic carbocycles. The molecule has 0 fully saturated rings. The number of hydrogen-bond donors (Lipinski definition) is 0. The molecule has 4 nitrogen and oxygen atoms in total. The highest BCUT2D eigenvalue weighted by Crippen LogP contribution is 2.19. The predicted molar refractivity (Wildman–Crippen MR) is 106 cm³/mol. The minimum Gasteiger partial charge on any atom is -0.303 e. The van der Waals surface area contributed by atoms with Crippen LogP contribution in [-0.4, -0.2) is 43.8 Å². The van der Waals surface area contributed by atoms with Crippen molar-refractivity contribution in [3.63, 3.8) is 0 Å². The van der Waals surface area contributed by atoms with Crippen LogP contribution >= 0.6 is 11.3 Å². The fraction of sp³-hybridized carbons (Fsp3) is 0.474. The molecule has 0 N–H and O–H groups in total. The van der Waals surface area contributed by atoms with Crippen molar-refractivity contribution in [1.29, 1.82) is 0 Å². The summed E-state index contributed by atoms with van der Waals surface area (Å²) in [7, 11) is -3.37. The molecule has 0 radical (unpaired) electrons. The van der Waals surface area contributed by atoms with E-state index in [4.69, 9.17) is 0 Å². The zero-order valence-corrected chi connectivity index (χ0v) is 16.9. The van der Waals surface area contributed by atoms with Crippen molar-refractivity contribution in [2.24, 2.45) is 0 Å². The van der Waals surface area contributed by atoms with Gasteiger partial charge in [0, 0.05) is 24.5 Å². The zero-order valence-electron chi connectivity index (χ0n) is 15.3. The number of nitrogens with zero attached hydrogens (tertiary/aromatic N) is 2. The molecular weight excluding hydrogens is 352 g/mol. The maximum absolute atomic E-state index is 13.1. The van der Waals surface area contributed by atoms with Gasteiger partial charge in [-0.15, -0.1) is 11.3 Å². The van der Waals surface area contributed by atoms with Gasteiger partial charge in [-0.3, -0.25) is 0 Å². The highest BCUT2D eigenvalue weighted by molar-refractivity contribution is 7.88. The molecule has 2 rings (SSSR count). The predicted octanol–water partition coefficient (Wildman–Crippen LogP) is 3.73. The Morgan fingerprint density at radius 1 is 1.00 bits per heavy atom. The molecule has 138 valence electrons. The Hall–Kier alpha value is -1.21. The normalized spacial score (nSPS) is 12.2. The Morgan fingerprint density at radius 2 is 1.72 bits per heavy atom. The summed E-state index contributed by atoms with van der Waals surface area (Å²) in [6.07, 6.45) is 0. The van der Waals surface area contributed by atoms with Crippen LogP contribution in [0, 0.1) is 6.92 Å². The first kappa shape index (κ1) is 20.1. The first-order valence-electron chi connectivity index (χ1n) is 8.73. The lowest BCUT2D eigenvalue weighted by molar-refractivity contribution is 0.269. The van der Waals surface area contributed by atoms with Gasteiger partial charge in [-0.05, 0) is 42.6 Å². The molecule has 2 aromatic rings. The Labute approximate surface area is 156 Å². The van der Waals surface area contributed by atoms with Gasteiger partial charge in [0.25, 0.3) is 0 Å². The molecule has 0 bridgehead atoms. The molecule has 0 saturated heterocycles. The molecule has 1 aromatic carbocycles. The van der Waals surface area contributed by atoms with Crippen LogP contribution in [0.15, 0.2) is 41.8 Å². The second-order valence-electron chi connectivity index (χ2n) is 6.12. The molecule has 25 heavy (non-hydrogen) atoms. The third-order valence-electron chi connectivity index (χ3n) is 4.46. The largest absolute Gasteiger partial charge is 0.303 e. The number of sulfonamides is 1. The minimum atomic E-state index is -3.37. The number of hydrogen-bond acceptors (Lipinski definition) is 4. The van der Waals surface area contributed by atoms with Gasteiger partial charge in [0.1, 0.15) is 0 Å². The third-order valence-corrected chi connectivity index (χ3v) is 7.10. The Kier molecular flexibility index (Phi) is 7.62. The summed E-state index contributed by atoms with van der Waals surface area (Å²) in [5.74, 6) is 0.0588. The van der Waals surface area contributed by atoms with Crippen LogP contribution in [0.1, 0.15) is 29.9 Å². The summed E-state index contributed by atoms with van der Waals surface area (Å²) in [4.78, 5) is 3.33. The van der Waals surface area contributed by atoms with E-state index in [1.165, 1.54) is 0 Å². The Bertz CT molecular complexity index is 739. The number of thiophene rings is 1. The number of aryl methyl sites for hydroxylation is 1. The number of rotatable bonds is 10. The number of benzene rings is 1. The van der Waals surface area contributed by atoms with Gasteiger partial charge in [-0.25, -0.2) is 8.42 Å². The van der Waals surface area contributed by atoms with Gasteiger partial charge in [0.15, 0.2) is 0 Å². The zero-order chi connectivity index (χ0) is 18.3. The standard InChI is InChI=1S/C19H28N2O2S2/c1-4-20(5-2)12-13-21(15-19-11-8-14-24-19)25(22,23)16-18-10-7-6-9-17(18)3/h6-11,14H,4-5,12-13,15-16H2,1-3H3. The van der Waals surface area contributed by atoms with Crippen LogP contribution in [0.25, 0.3) is 0 Å². The van der Waals surface area contributed by atoms with Crippen LogP contribution in [0.3, 0.4) is 0 Å². The molecule has 0 amide bonds. The average Bonchev–Trinajstić information content (AvgIpc) is 3.09. The van der Waals surface area contributed by atoms with Crippen molar-refractivity contribution in [3.05, 3.63) is 57.8 Å². The topological polar surface area (TPSA) is 40.6 Å². The van der Waals surface area contributed by atoms with Crippen LogP contribution < -0.4 is 0 Å². The summed E-state index contributed by atoms with van der Waals surface area (Å²) in [5, 5.41) is 1.99. The van der Waals surface area contributed by atoms with E-state index < -0.39 is 10.0 Å². The van der Waals surface area contributed by atoms with E-state index in [9.17, 15) is 8.42 Å². The summed E-state index contributed by atoms with van der Waals surface area (Å²) < 4.78 is 27.8. The quantitative estimate of drug-likeness (QED) is 0.631. The van der Waals surface area contributed by atoms with E-state index in [-0.39, 0.29) is 5.75 Å². The highest BCUT2D eigenvalue weighted by Gasteiger charge is 2.24. The SMILES string of the molecule is CCN(CC)CCN(Cc1cccs1)S(=O)(=O)Cc1ccccc1C. The molecule has 1 aromatic heterocycles. The highest BCUT2D eigenvalue weighted by atomic mass is 32.2. The summed E-state index contributed by atoms with van der Waals surface area (Å²) in [6.45, 7) is 9.77. The second-order valence-corrected chi connectivity index (χ2v) is 9.12. The Morgan fingerprint density at radius 3 is 2.32 bits per heavy atom.